The summed E-state index contributed by atoms with van der Waals surface area (Å²) in [4.78, 5) is 24.7. The van der Waals surface area contributed by atoms with Crippen LogP contribution in [-0.4, -0.2) is 25.1 Å². The zero-order chi connectivity index (χ0) is 20.6. The van der Waals surface area contributed by atoms with Gasteiger partial charge in [-0.3, -0.25) is 4.79 Å². The Balaban J connectivity index is 1.58. The van der Waals surface area contributed by atoms with Crippen molar-refractivity contribution >= 4 is 17.6 Å². The number of hydrogen-bond donors (Lipinski definition) is 1. The molecule has 29 heavy (non-hydrogen) atoms. The average molecular weight is 391 g/mol. The average Bonchev–Trinajstić information content (AvgIpc) is 2.75. The minimum Gasteiger partial charge on any atom is -0.495 e. The van der Waals surface area contributed by atoms with Crippen LogP contribution < -0.4 is 14.8 Å². The number of carbonyl (C=O) groups is 2. The molecule has 0 heterocycles. The number of amides is 1. The van der Waals surface area contributed by atoms with E-state index in [4.69, 9.17) is 14.2 Å². The molecule has 0 aliphatic heterocycles. The lowest BCUT2D eigenvalue weighted by molar-refractivity contribution is -0.123. The Bertz CT molecular complexity index is 970. The van der Waals surface area contributed by atoms with E-state index in [1.165, 1.54) is 14.0 Å². The third-order valence-corrected chi connectivity index (χ3v) is 4.09. The molecule has 3 aromatic rings. The van der Waals surface area contributed by atoms with E-state index in [1.807, 2.05) is 30.3 Å². The first-order valence-electron chi connectivity index (χ1n) is 9.04. The maximum Gasteiger partial charge on any atom is 0.338 e. The predicted octanol–water partition coefficient (Wildman–Crippen LogP) is 4.67. The standard InChI is InChI=1S/C23H21NO5/c1-16(22(25)24-20-10-6-7-11-21(20)27-2)28-23(26)17-12-14-19(15-13-17)29-18-8-4-3-5-9-18/h3-16H,1-2H3,(H,24,25)/t16-/m0/s1. The molecule has 3 rings (SSSR count). The molecular weight excluding hydrogens is 370 g/mol. The molecular formula is C23H21NO5. The molecule has 0 radical (unpaired) electrons. The lowest BCUT2D eigenvalue weighted by atomic mass is 10.2. The van der Waals surface area contributed by atoms with Crippen LogP contribution in [0, 0.1) is 0 Å². The minimum absolute atomic E-state index is 0.322. The summed E-state index contributed by atoms with van der Waals surface area (Å²) < 4.78 is 16.2. The van der Waals surface area contributed by atoms with Gasteiger partial charge in [0.1, 0.15) is 17.2 Å². The van der Waals surface area contributed by atoms with Crippen LogP contribution in [0.5, 0.6) is 17.2 Å². The van der Waals surface area contributed by atoms with Gasteiger partial charge in [-0.2, -0.15) is 0 Å². The molecule has 6 nitrogen and oxygen atoms in total. The highest BCUT2D eigenvalue weighted by Gasteiger charge is 2.20. The molecule has 0 spiro atoms. The van der Waals surface area contributed by atoms with Crippen LogP contribution in [0.15, 0.2) is 78.9 Å². The van der Waals surface area contributed by atoms with Gasteiger partial charge in [0.25, 0.3) is 5.91 Å². The third kappa shape index (κ3) is 5.35. The Morgan fingerprint density at radius 1 is 0.828 bits per heavy atom. The number of benzene rings is 3. The SMILES string of the molecule is COc1ccccc1NC(=O)[C@H](C)OC(=O)c1ccc(Oc2ccccc2)cc1. The number of hydrogen-bond acceptors (Lipinski definition) is 5. The quantitative estimate of drug-likeness (QED) is 0.593. The highest BCUT2D eigenvalue weighted by atomic mass is 16.5. The Hall–Kier alpha value is -3.80. The van der Waals surface area contributed by atoms with Gasteiger partial charge in [-0.05, 0) is 55.5 Å². The summed E-state index contributed by atoms with van der Waals surface area (Å²) >= 11 is 0. The van der Waals surface area contributed by atoms with Crippen LogP contribution in [0.3, 0.4) is 0 Å². The molecule has 148 valence electrons. The smallest absolute Gasteiger partial charge is 0.338 e. The largest absolute Gasteiger partial charge is 0.495 e. The molecule has 0 fully saturated rings. The molecule has 0 bridgehead atoms. The summed E-state index contributed by atoms with van der Waals surface area (Å²) in [5, 5.41) is 2.69. The highest BCUT2D eigenvalue weighted by Crippen LogP contribution is 2.24. The monoisotopic (exact) mass is 391 g/mol. The van der Waals surface area contributed by atoms with E-state index < -0.39 is 18.0 Å². The zero-order valence-electron chi connectivity index (χ0n) is 16.1. The van der Waals surface area contributed by atoms with E-state index in [9.17, 15) is 9.59 Å². The number of rotatable bonds is 7. The van der Waals surface area contributed by atoms with Crippen LogP contribution in [0.2, 0.25) is 0 Å². The number of ether oxygens (including phenoxy) is 3. The maximum absolute atomic E-state index is 12.3. The van der Waals surface area contributed by atoms with Crippen LogP contribution in [0.25, 0.3) is 0 Å². The Labute approximate surface area is 169 Å². The summed E-state index contributed by atoms with van der Waals surface area (Å²) in [6, 6.07) is 22.8. The number of methoxy groups -OCH3 is 1. The fraction of sp³-hybridized carbons (Fsp3) is 0.130. The number of anilines is 1. The first-order chi connectivity index (χ1) is 14.1. The van der Waals surface area contributed by atoms with Crippen molar-refractivity contribution in [1.82, 2.24) is 0 Å². The van der Waals surface area contributed by atoms with Crippen molar-refractivity contribution in [2.24, 2.45) is 0 Å². The molecule has 0 aromatic heterocycles. The Morgan fingerprint density at radius 3 is 2.14 bits per heavy atom. The lowest BCUT2D eigenvalue weighted by Crippen LogP contribution is -2.30. The van der Waals surface area contributed by atoms with Crippen molar-refractivity contribution in [2.45, 2.75) is 13.0 Å². The van der Waals surface area contributed by atoms with E-state index in [2.05, 4.69) is 5.32 Å². The fourth-order valence-corrected chi connectivity index (χ4v) is 2.55. The summed E-state index contributed by atoms with van der Waals surface area (Å²) in [6.07, 6.45) is -0.979. The van der Waals surface area contributed by atoms with Crippen molar-refractivity contribution < 1.29 is 23.8 Å². The minimum atomic E-state index is -0.979. The van der Waals surface area contributed by atoms with Crippen molar-refractivity contribution in [2.75, 3.05) is 12.4 Å². The molecule has 0 unspecified atom stereocenters. The van der Waals surface area contributed by atoms with Crippen molar-refractivity contribution in [3.05, 3.63) is 84.4 Å². The van der Waals surface area contributed by atoms with Crippen molar-refractivity contribution in [3.63, 3.8) is 0 Å². The second-order valence-corrected chi connectivity index (χ2v) is 6.18. The predicted molar refractivity (Wildman–Crippen MR) is 109 cm³/mol. The van der Waals surface area contributed by atoms with E-state index in [0.717, 1.165) is 0 Å². The second-order valence-electron chi connectivity index (χ2n) is 6.18. The highest BCUT2D eigenvalue weighted by molar-refractivity contribution is 5.98. The Kier molecular flexibility index (Phi) is 6.47. The number of esters is 1. The van der Waals surface area contributed by atoms with Gasteiger partial charge in [0.05, 0.1) is 18.4 Å². The van der Waals surface area contributed by atoms with Crippen molar-refractivity contribution in [3.8, 4) is 17.2 Å². The normalized spacial score (nSPS) is 11.2. The topological polar surface area (TPSA) is 73.9 Å². The number of carbonyl (C=O) groups excluding carboxylic acids is 2. The van der Waals surface area contributed by atoms with E-state index in [0.29, 0.717) is 28.5 Å². The first kappa shape index (κ1) is 19.9. The molecule has 0 saturated carbocycles. The van der Waals surface area contributed by atoms with Gasteiger partial charge in [-0.25, -0.2) is 4.79 Å². The molecule has 1 atom stereocenters. The molecule has 1 N–H and O–H groups in total. The maximum atomic E-state index is 12.3. The third-order valence-electron chi connectivity index (χ3n) is 4.09. The van der Waals surface area contributed by atoms with Crippen molar-refractivity contribution in [1.29, 1.82) is 0 Å². The summed E-state index contributed by atoms with van der Waals surface area (Å²) in [5.41, 5.74) is 0.827. The van der Waals surface area contributed by atoms with Gasteiger partial charge in [0.2, 0.25) is 0 Å². The van der Waals surface area contributed by atoms with E-state index in [-0.39, 0.29) is 0 Å². The second kappa shape index (κ2) is 9.41. The van der Waals surface area contributed by atoms with Gasteiger partial charge in [0, 0.05) is 0 Å². The lowest BCUT2D eigenvalue weighted by Gasteiger charge is -2.15. The summed E-state index contributed by atoms with van der Waals surface area (Å²) in [5.74, 6) is 0.762. The molecule has 6 heteroatoms. The number of nitrogens with one attached hydrogen (secondary N) is 1. The van der Waals surface area contributed by atoms with Gasteiger partial charge in [0.15, 0.2) is 6.10 Å². The summed E-state index contributed by atoms with van der Waals surface area (Å²) in [6.45, 7) is 1.51. The van der Waals surface area contributed by atoms with Gasteiger partial charge in [-0.1, -0.05) is 30.3 Å². The van der Waals surface area contributed by atoms with Gasteiger partial charge in [-0.15, -0.1) is 0 Å². The molecule has 3 aromatic carbocycles. The molecule has 0 aliphatic carbocycles. The van der Waals surface area contributed by atoms with Crippen LogP contribution >= 0.6 is 0 Å². The summed E-state index contributed by atoms with van der Waals surface area (Å²) in [7, 11) is 1.51. The molecule has 0 aliphatic rings. The Morgan fingerprint density at radius 2 is 1.45 bits per heavy atom. The molecule has 0 saturated heterocycles. The van der Waals surface area contributed by atoms with Crippen LogP contribution in [0.4, 0.5) is 5.69 Å². The van der Waals surface area contributed by atoms with Crippen LogP contribution in [-0.2, 0) is 9.53 Å². The van der Waals surface area contributed by atoms with E-state index >= 15 is 0 Å². The van der Waals surface area contributed by atoms with E-state index in [1.54, 1.807) is 48.5 Å². The first-order valence-corrected chi connectivity index (χ1v) is 9.04. The zero-order valence-corrected chi connectivity index (χ0v) is 16.1. The molecule has 1 amide bonds. The van der Waals surface area contributed by atoms with Gasteiger partial charge < -0.3 is 19.5 Å². The van der Waals surface area contributed by atoms with Crippen LogP contribution in [0.1, 0.15) is 17.3 Å². The fourth-order valence-electron chi connectivity index (χ4n) is 2.55. The van der Waals surface area contributed by atoms with Gasteiger partial charge >= 0.3 is 5.97 Å². The number of para-hydroxylation sites is 3.